The van der Waals surface area contributed by atoms with Crippen molar-refractivity contribution in [1.82, 2.24) is 9.80 Å². The van der Waals surface area contributed by atoms with Crippen molar-refractivity contribution in [2.75, 3.05) is 32.7 Å². The lowest BCUT2D eigenvalue weighted by Gasteiger charge is -2.24. The maximum atomic E-state index is 12.5. The van der Waals surface area contributed by atoms with E-state index in [1.165, 1.54) is 0 Å². The van der Waals surface area contributed by atoms with Gasteiger partial charge in [-0.05, 0) is 18.9 Å². The lowest BCUT2D eigenvalue weighted by molar-refractivity contribution is -0.143. The number of carbonyl (C=O) groups excluding carboxylic acids is 2. The van der Waals surface area contributed by atoms with Crippen LogP contribution in [0.15, 0.2) is 30.3 Å². The Labute approximate surface area is 137 Å². The van der Waals surface area contributed by atoms with Crippen LogP contribution in [0.3, 0.4) is 0 Å². The minimum absolute atomic E-state index is 0.00172. The zero-order valence-corrected chi connectivity index (χ0v) is 13.6. The maximum absolute atomic E-state index is 12.5. The van der Waals surface area contributed by atoms with Crippen molar-refractivity contribution in [2.24, 2.45) is 5.73 Å². The predicted molar refractivity (Wildman–Crippen MR) is 87.5 cm³/mol. The summed E-state index contributed by atoms with van der Waals surface area (Å²) in [4.78, 5) is 27.3. The molecule has 1 unspecified atom stereocenters. The third-order valence-electron chi connectivity index (χ3n) is 3.97. The van der Waals surface area contributed by atoms with Gasteiger partial charge in [-0.25, -0.2) is 0 Å². The zero-order valence-electron chi connectivity index (χ0n) is 13.6. The second kappa shape index (κ2) is 8.64. The topological polar surface area (TPSA) is 75.9 Å². The van der Waals surface area contributed by atoms with Gasteiger partial charge in [0, 0.05) is 26.2 Å². The van der Waals surface area contributed by atoms with Gasteiger partial charge in [-0.1, -0.05) is 30.3 Å². The Kier molecular flexibility index (Phi) is 6.55. The number of nitrogens with zero attached hydrogens (tertiary/aromatic N) is 2. The molecule has 0 aromatic heterocycles. The first-order valence-corrected chi connectivity index (χ1v) is 8.01. The predicted octanol–water partition coefficient (Wildman–Crippen LogP) is 0.611. The maximum Gasteiger partial charge on any atom is 0.251 e. The quantitative estimate of drug-likeness (QED) is 0.833. The lowest BCUT2D eigenvalue weighted by Crippen LogP contribution is -2.42. The number of carbonyl (C=O) groups is 2. The van der Waals surface area contributed by atoms with E-state index >= 15 is 0 Å². The number of rotatable bonds is 6. The number of primary amides is 1. The summed E-state index contributed by atoms with van der Waals surface area (Å²) in [5.74, 6) is -0.328. The first kappa shape index (κ1) is 17.4. The molecule has 1 aromatic carbocycles. The summed E-state index contributed by atoms with van der Waals surface area (Å²) in [5, 5.41) is 0. The molecule has 0 radical (unpaired) electrons. The van der Waals surface area contributed by atoms with Crippen molar-refractivity contribution in [3.05, 3.63) is 35.9 Å². The molecule has 1 aliphatic rings. The average molecular weight is 319 g/mol. The molecule has 0 saturated carbocycles. The van der Waals surface area contributed by atoms with Gasteiger partial charge in [0.05, 0.1) is 13.2 Å². The van der Waals surface area contributed by atoms with Crippen LogP contribution in [0.1, 0.15) is 18.9 Å². The van der Waals surface area contributed by atoms with Gasteiger partial charge < -0.3 is 15.4 Å². The van der Waals surface area contributed by atoms with Crippen LogP contribution in [0.4, 0.5) is 0 Å². The van der Waals surface area contributed by atoms with E-state index in [9.17, 15) is 9.59 Å². The summed E-state index contributed by atoms with van der Waals surface area (Å²) in [6.07, 6.45) is 0.364. The van der Waals surface area contributed by atoms with Gasteiger partial charge in [-0.3, -0.25) is 14.5 Å². The van der Waals surface area contributed by atoms with Crippen LogP contribution in [-0.2, 0) is 20.9 Å². The third-order valence-corrected chi connectivity index (χ3v) is 3.97. The van der Waals surface area contributed by atoms with Crippen LogP contribution in [0.25, 0.3) is 0 Å². The molecule has 1 fully saturated rings. The molecule has 0 aliphatic carbocycles. The van der Waals surface area contributed by atoms with Gasteiger partial charge in [-0.15, -0.1) is 0 Å². The van der Waals surface area contributed by atoms with Gasteiger partial charge in [0.1, 0.15) is 6.10 Å². The Morgan fingerprint density at radius 2 is 1.91 bits per heavy atom. The fraction of sp³-hybridized carbons (Fsp3) is 0.529. The smallest absolute Gasteiger partial charge is 0.251 e. The van der Waals surface area contributed by atoms with E-state index in [4.69, 9.17) is 10.5 Å². The van der Waals surface area contributed by atoms with Crippen molar-refractivity contribution in [2.45, 2.75) is 26.1 Å². The van der Waals surface area contributed by atoms with Crippen LogP contribution in [-0.4, -0.2) is 60.4 Å². The number of nitrogens with two attached hydrogens (primary N) is 1. The number of amides is 2. The first-order chi connectivity index (χ1) is 11.1. The normalized spacial score (nSPS) is 17.5. The monoisotopic (exact) mass is 319 g/mol. The molecule has 2 amide bonds. The second-order valence-corrected chi connectivity index (χ2v) is 5.86. The van der Waals surface area contributed by atoms with Crippen LogP contribution in [0.5, 0.6) is 0 Å². The molecule has 1 aromatic rings. The summed E-state index contributed by atoms with van der Waals surface area (Å²) in [5.41, 5.74) is 6.28. The molecular weight excluding hydrogens is 294 g/mol. The molecule has 0 bridgehead atoms. The van der Waals surface area contributed by atoms with E-state index in [-0.39, 0.29) is 18.4 Å². The number of benzene rings is 1. The average Bonchev–Trinajstić information content (AvgIpc) is 2.78. The van der Waals surface area contributed by atoms with Crippen molar-refractivity contribution >= 4 is 11.8 Å². The zero-order chi connectivity index (χ0) is 16.7. The Hall–Kier alpha value is -1.92. The Morgan fingerprint density at radius 1 is 1.17 bits per heavy atom. The molecule has 0 spiro atoms. The highest BCUT2D eigenvalue weighted by Crippen LogP contribution is 2.09. The minimum Gasteiger partial charge on any atom is -0.369 e. The molecule has 2 N–H and O–H groups in total. The number of hydrogen-bond acceptors (Lipinski definition) is 4. The molecule has 6 heteroatoms. The lowest BCUT2D eigenvalue weighted by atomic mass is 10.2. The van der Waals surface area contributed by atoms with Gasteiger partial charge >= 0.3 is 0 Å². The fourth-order valence-electron chi connectivity index (χ4n) is 2.69. The molecule has 23 heavy (non-hydrogen) atoms. The Bertz CT molecular complexity index is 521. The van der Waals surface area contributed by atoms with Crippen LogP contribution >= 0.6 is 0 Å². The van der Waals surface area contributed by atoms with E-state index in [1.54, 1.807) is 6.92 Å². The van der Waals surface area contributed by atoms with Gasteiger partial charge in [0.15, 0.2) is 0 Å². The van der Waals surface area contributed by atoms with Crippen molar-refractivity contribution in [3.8, 4) is 0 Å². The SMILES string of the molecule is CC(OCc1ccccc1)C(=O)N1CCCN(CC(N)=O)CC1. The highest BCUT2D eigenvalue weighted by Gasteiger charge is 2.24. The van der Waals surface area contributed by atoms with Crippen molar-refractivity contribution < 1.29 is 14.3 Å². The highest BCUT2D eigenvalue weighted by molar-refractivity contribution is 5.80. The third kappa shape index (κ3) is 5.65. The second-order valence-electron chi connectivity index (χ2n) is 5.86. The summed E-state index contributed by atoms with van der Waals surface area (Å²) >= 11 is 0. The van der Waals surface area contributed by atoms with Crippen LogP contribution in [0, 0.1) is 0 Å². The fourth-order valence-corrected chi connectivity index (χ4v) is 2.69. The van der Waals surface area contributed by atoms with E-state index in [0.29, 0.717) is 26.2 Å². The van der Waals surface area contributed by atoms with Crippen molar-refractivity contribution in [3.63, 3.8) is 0 Å². The minimum atomic E-state index is -0.474. The standard InChI is InChI=1S/C17H25N3O3/c1-14(23-13-15-6-3-2-4-7-15)17(22)20-9-5-8-19(10-11-20)12-16(18)21/h2-4,6-7,14H,5,8-13H2,1H3,(H2,18,21). The molecule has 126 valence electrons. The first-order valence-electron chi connectivity index (χ1n) is 8.01. The largest absolute Gasteiger partial charge is 0.369 e. The van der Waals surface area contributed by atoms with E-state index in [1.807, 2.05) is 40.1 Å². The van der Waals surface area contributed by atoms with Gasteiger partial charge in [0.25, 0.3) is 5.91 Å². The molecule has 2 rings (SSSR count). The molecule has 1 atom stereocenters. The molecule has 1 saturated heterocycles. The van der Waals surface area contributed by atoms with Gasteiger partial charge in [-0.2, -0.15) is 0 Å². The summed E-state index contributed by atoms with van der Waals surface area (Å²) < 4.78 is 5.70. The molecule has 6 nitrogen and oxygen atoms in total. The number of hydrogen-bond donors (Lipinski definition) is 1. The van der Waals surface area contributed by atoms with Crippen LogP contribution < -0.4 is 5.73 Å². The van der Waals surface area contributed by atoms with Crippen LogP contribution in [0.2, 0.25) is 0 Å². The number of ether oxygens (including phenoxy) is 1. The molecular formula is C17H25N3O3. The van der Waals surface area contributed by atoms with Crippen molar-refractivity contribution in [1.29, 1.82) is 0 Å². The summed E-state index contributed by atoms with van der Waals surface area (Å²) in [7, 11) is 0. The van der Waals surface area contributed by atoms with E-state index in [0.717, 1.165) is 18.5 Å². The van der Waals surface area contributed by atoms with E-state index < -0.39 is 6.10 Å². The Morgan fingerprint density at radius 3 is 2.61 bits per heavy atom. The molecule has 1 aliphatic heterocycles. The van der Waals surface area contributed by atoms with Gasteiger partial charge in [0.2, 0.25) is 5.91 Å². The Balaban J connectivity index is 1.81. The summed E-state index contributed by atoms with van der Waals surface area (Å²) in [6, 6.07) is 9.81. The summed E-state index contributed by atoms with van der Waals surface area (Å²) in [6.45, 7) is 5.21. The van der Waals surface area contributed by atoms with E-state index in [2.05, 4.69) is 0 Å². The highest BCUT2D eigenvalue weighted by atomic mass is 16.5. The molecule has 1 heterocycles.